The average molecular weight is 356 g/mol. The topological polar surface area (TPSA) is 76.2 Å². The summed E-state index contributed by atoms with van der Waals surface area (Å²) in [7, 11) is -3.23. The predicted octanol–water partition coefficient (Wildman–Crippen LogP) is -0.327. The Bertz CT molecular complexity index is 639. The van der Waals surface area contributed by atoms with Gasteiger partial charge in [0.15, 0.2) is 0 Å². The van der Waals surface area contributed by atoms with Crippen LogP contribution in [0.2, 0.25) is 0 Å². The molecule has 8 heteroatoms. The molecular weight excluding hydrogens is 332 g/mol. The number of fused-ring (bicyclic) bond motifs is 2. The largest absolute Gasteiger partial charge is 0.381 e. The zero-order valence-electron chi connectivity index (χ0n) is 13.7. The van der Waals surface area contributed by atoms with Crippen molar-refractivity contribution in [2.75, 3.05) is 39.5 Å². The van der Waals surface area contributed by atoms with Gasteiger partial charge in [-0.1, -0.05) is 0 Å². The Morgan fingerprint density at radius 2 is 1.79 bits per heavy atom. The Kier molecular flexibility index (Phi) is 3.50. The maximum absolute atomic E-state index is 12.8. The van der Waals surface area contributed by atoms with Crippen LogP contribution < -0.4 is 0 Å². The average Bonchev–Trinajstić information content (AvgIpc) is 3.51. The van der Waals surface area contributed by atoms with Gasteiger partial charge >= 0.3 is 0 Å². The van der Waals surface area contributed by atoms with E-state index in [2.05, 4.69) is 0 Å². The van der Waals surface area contributed by atoms with Crippen LogP contribution in [0.1, 0.15) is 19.3 Å². The van der Waals surface area contributed by atoms with E-state index in [1.54, 1.807) is 4.31 Å². The SMILES string of the molecule is O=C(C1[C@H]2COC[C@@H]12)N1CC[C@@H]2OCCN(S(=O)(=O)C3CC3)[C@H]2C1. The van der Waals surface area contributed by atoms with Crippen LogP contribution >= 0.6 is 0 Å². The van der Waals surface area contributed by atoms with Crippen LogP contribution in [-0.2, 0) is 24.3 Å². The monoisotopic (exact) mass is 356 g/mol. The third kappa shape index (κ3) is 2.34. The summed E-state index contributed by atoms with van der Waals surface area (Å²) < 4.78 is 38.3. The fraction of sp³-hybridized carbons (Fsp3) is 0.938. The summed E-state index contributed by atoms with van der Waals surface area (Å²) in [5.74, 6) is 1.09. The fourth-order valence-electron chi connectivity index (χ4n) is 4.73. The van der Waals surface area contributed by atoms with E-state index in [1.807, 2.05) is 4.90 Å². The lowest BCUT2D eigenvalue weighted by Gasteiger charge is -2.46. The molecule has 5 atom stereocenters. The van der Waals surface area contributed by atoms with Crippen LogP contribution in [0.5, 0.6) is 0 Å². The highest BCUT2D eigenvalue weighted by molar-refractivity contribution is 7.90. The molecule has 5 aliphatic rings. The molecule has 24 heavy (non-hydrogen) atoms. The summed E-state index contributed by atoms with van der Waals surface area (Å²) in [6, 6.07) is -0.211. The third-order valence-corrected chi connectivity index (χ3v) is 8.78. The Balaban J connectivity index is 1.32. The Hall–Kier alpha value is -0.700. The zero-order valence-corrected chi connectivity index (χ0v) is 14.5. The molecule has 5 rings (SSSR count). The molecule has 3 heterocycles. The number of nitrogens with zero attached hydrogens (tertiary/aromatic N) is 2. The van der Waals surface area contributed by atoms with Gasteiger partial charge in [-0.3, -0.25) is 4.79 Å². The van der Waals surface area contributed by atoms with Crippen molar-refractivity contribution in [1.82, 2.24) is 9.21 Å². The molecular formula is C16H24N2O5S. The smallest absolute Gasteiger partial charge is 0.226 e. The van der Waals surface area contributed by atoms with Crippen molar-refractivity contribution in [2.24, 2.45) is 17.8 Å². The van der Waals surface area contributed by atoms with E-state index in [0.717, 1.165) is 19.3 Å². The van der Waals surface area contributed by atoms with Crippen molar-refractivity contribution in [3.63, 3.8) is 0 Å². The van der Waals surface area contributed by atoms with Crippen LogP contribution in [-0.4, -0.2) is 80.4 Å². The molecule has 2 saturated carbocycles. The van der Waals surface area contributed by atoms with Crippen LogP contribution in [0.4, 0.5) is 0 Å². The minimum atomic E-state index is -3.23. The van der Waals surface area contributed by atoms with Gasteiger partial charge in [-0.15, -0.1) is 0 Å². The second-order valence-corrected chi connectivity index (χ2v) is 9.96. The molecule has 1 amide bonds. The number of likely N-dealkylation sites (tertiary alicyclic amines) is 1. The maximum atomic E-state index is 12.8. The van der Waals surface area contributed by atoms with Gasteiger partial charge in [0.05, 0.1) is 37.2 Å². The first-order valence-electron chi connectivity index (χ1n) is 9.06. The number of amides is 1. The van der Waals surface area contributed by atoms with Crippen LogP contribution in [0.15, 0.2) is 0 Å². The van der Waals surface area contributed by atoms with Crippen molar-refractivity contribution in [3.8, 4) is 0 Å². The number of ether oxygens (including phenoxy) is 2. The van der Waals surface area contributed by atoms with Crippen molar-refractivity contribution < 1.29 is 22.7 Å². The lowest BCUT2D eigenvalue weighted by atomic mass is 10.00. The van der Waals surface area contributed by atoms with E-state index in [4.69, 9.17) is 9.47 Å². The van der Waals surface area contributed by atoms with E-state index < -0.39 is 10.0 Å². The number of carbonyl (C=O) groups excluding carboxylic acids is 1. The lowest BCUT2D eigenvalue weighted by molar-refractivity contribution is -0.141. The standard InChI is InChI=1S/C16H24N2O5S/c19-16(15-11-8-22-9-12(11)15)17-4-3-14-13(7-17)18(5-6-23-14)24(20,21)10-1-2-10/h10-15H,1-9H2/t11-,12+,13-,14-,15?/m0/s1. The van der Waals surface area contributed by atoms with Gasteiger partial charge in [-0.05, 0) is 31.1 Å². The summed E-state index contributed by atoms with van der Waals surface area (Å²) in [6.45, 7) is 3.44. The molecule has 0 aromatic rings. The summed E-state index contributed by atoms with van der Waals surface area (Å²) in [4.78, 5) is 14.7. The molecule has 0 N–H and O–H groups in total. The Morgan fingerprint density at radius 1 is 1.04 bits per heavy atom. The normalized spacial score (nSPS) is 42.5. The zero-order chi connectivity index (χ0) is 16.5. The van der Waals surface area contributed by atoms with Crippen LogP contribution in [0.25, 0.3) is 0 Å². The number of carbonyl (C=O) groups is 1. The second-order valence-electron chi connectivity index (χ2n) is 7.80. The van der Waals surface area contributed by atoms with Gasteiger partial charge in [0.25, 0.3) is 0 Å². The number of hydrogen-bond acceptors (Lipinski definition) is 5. The minimum Gasteiger partial charge on any atom is -0.381 e. The van der Waals surface area contributed by atoms with E-state index in [-0.39, 0.29) is 29.2 Å². The van der Waals surface area contributed by atoms with Crippen LogP contribution in [0.3, 0.4) is 0 Å². The highest BCUT2D eigenvalue weighted by atomic mass is 32.2. The van der Waals surface area contributed by atoms with E-state index in [1.165, 1.54) is 0 Å². The minimum absolute atomic E-state index is 0.0710. The van der Waals surface area contributed by atoms with E-state index in [9.17, 15) is 13.2 Å². The second kappa shape index (κ2) is 5.40. The van der Waals surface area contributed by atoms with E-state index in [0.29, 0.717) is 51.3 Å². The number of rotatable bonds is 3. The van der Waals surface area contributed by atoms with Crippen molar-refractivity contribution in [1.29, 1.82) is 0 Å². The molecule has 0 bridgehead atoms. The molecule has 0 radical (unpaired) electrons. The molecule has 2 aliphatic carbocycles. The van der Waals surface area contributed by atoms with Gasteiger partial charge < -0.3 is 14.4 Å². The lowest BCUT2D eigenvalue weighted by Crippen LogP contribution is -2.62. The summed E-state index contributed by atoms with van der Waals surface area (Å²) in [6.07, 6.45) is 2.19. The summed E-state index contributed by atoms with van der Waals surface area (Å²) in [5, 5.41) is -0.206. The van der Waals surface area contributed by atoms with Gasteiger partial charge in [-0.25, -0.2) is 8.42 Å². The van der Waals surface area contributed by atoms with Gasteiger partial charge in [0.1, 0.15) is 0 Å². The van der Waals surface area contributed by atoms with Gasteiger partial charge in [-0.2, -0.15) is 4.31 Å². The van der Waals surface area contributed by atoms with Gasteiger partial charge in [0, 0.05) is 25.6 Å². The molecule has 3 aliphatic heterocycles. The molecule has 5 fully saturated rings. The highest BCUT2D eigenvalue weighted by Crippen LogP contribution is 2.51. The quantitative estimate of drug-likeness (QED) is 0.692. The fourth-order valence-corrected chi connectivity index (χ4v) is 6.75. The first kappa shape index (κ1) is 15.5. The molecule has 0 spiro atoms. The number of hydrogen-bond donors (Lipinski definition) is 0. The number of piperidine rings is 1. The first-order chi connectivity index (χ1) is 11.6. The number of morpholine rings is 1. The molecule has 7 nitrogen and oxygen atoms in total. The third-order valence-electron chi connectivity index (χ3n) is 6.36. The summed E-state index contributed by atoms with van der Waals surface area (Å²) in [5.41, 5.74) is 0. The molecule has 1 unspecified atom stereocenters. The van der Waals surface area contributed by atoms with Crippen molar-refractivity contribution in [3.05, 3.63) is 0 Å². The maximum Gasteiger partial charge on any atom is 0.226 e. The van der Waals surface area contributed by atoms with Gasteiger partial charge in [0.2, 0.25) is 15.9 Å². The molecule has 3 saturated heterocycles. The Labute approximate surface area is 142 Å². The molecule has 0 aromatic heterocycles. The highest BCUT2D eigenvalue weighted by Gasteiger charge is 2.59. The van der Waals surface area contributed by atoms with Crippen molar-refractivity contribution >= 4 is 15.9 Å². The van der Waals surface area contributed by atoms with E-state index >= 15 is 0 Å². The van der Waals surface area contributed by atoms with Crippen molar-refractivity contribution in [2.45, 2.75) is 36.7 Å². The number of sulfonamides is 1. The summed E-state index contributed by atoms with van der Waals surface area (Å²) >= 11 is 0. The molecule has 134 valence electrons. The molecule has 0 aromatic carbocycles. The Morgan fingerprint density at radius 3 is 2.50 bits per heavy atom. The van der Waals surface area contributed by atoms with Crippen LogP contribution in [0, 0.1) is 17.8 Å². The predicted molar refractivity (Wildman–Crippen MR) is 84.7 cm³/mol. The first-order valence-corrected chi connectivity index (χ1v) is 10.6.